The van der Waals surface area contributed by atoms with Gasteiger partial charge >= 0.3 is 0 Å². The lowest BCUT2D eigenvalue weighted by molar-refractivity contribution is -0.129. The Morgan fingerprint density at radius 3 is 2.55 bits per heavy atom. The number of aliphatic hydroxyl groups excluding tert-OH is 2. The SMILES string of the molecule is CCCCCC(=O)C(O)CO. The summed E-state index contributed by atoms with van der Waals surface area (Å²) in [5.41, 5.74) is 0. The number of hydrogen-bond donors (Lipinski definition) is 2. The zero-order valence-corrected chi connectivity index (χ0v) is 6.92. The van der Waals surface area contributed by atoms with Crippen LogP contribution in [0.1, 0.15) is 32.6 Å². The number of carbonyl (C=O) groups is 1. The molecule has 2 N–H and O–H groups in total. The molecule has 0 spiro atoms. The molecule has 0 aromatic heterocycles. The van der Waals surface area contributed by atoms with Gasteiger partial charge in [0.1, 0.15) is 6.10 Å². The van der Waals surface area contributed by atoms with Gasteiger partial charge < -0.3 is 10.2 Å². The average Bonchev–Trinajstić information content (AvgIpc) is 2.03. The lowest BCUT2D eigenvalue weighted by Crippen LogP contribution is -2.23. The highest BCUT2D eigenvalue weighted by Crippen LogP contribution is 2.01. The van der Waals surface area contributed by atoms with Gasteiger partial charge in [-0.2, -0.15) is 0 Å². The van der Waals surface area contributed by atoms with Crippen LogP contribution in [0.4, 0.5) is 0 Å². The molecule has 3 nitrogen and oxygen atoms in total. The molecule has 0 saturated carbocycles. The maximum absolute atomic E-state index is 10.8. The predicted octanol–water partition coefficient (Wildman–Crippen LogP) is 0.489. The first-order valence-electron chi connectivity index (χ1n) is 4.04. The fourth-order valence-electron chi connectivity index (χ4n) is 0.818. The minimum Gasteiger partial charge on any atom is -0.393 e. The second-order valence-corrected chi connectivity index (χ2v) is 2.62. The van der Waals surface area contributed by atoms with E-state index in [4.69, 9.17) is 10.2 Å². The Morgan fingerprint density at radius 1 is 1.45 bits per heavy atom. The van der Waals surface area contributed by atoms with Crippen LogP contribution in [0, 0.1) is 0 Å². The number of carbonyl (C=O) groups excluding carboxylic acids is 1. The van der Waals surface area contributed by atoms with Gasteiger partial charge in [0.05, 0.1) is 6.61 Å². The summed E-state index contributed by atoms with van der Waals surface area (Å²) in [7, 11) is 0. The molecule has 3 heteroatoms. The van der Waals surface area contributed by atoms with Gasteiger partial charge in [0.2, 0.25) is 0 Å². The van der Waals surface area contributed by atoms with E-state index >= 15 is 0 Å². The fraction of sp³-hybridized carbons (Fsp3) is 0.875. The third-order valence-corrected chi connectivity index (χ3v) is 1.57. The van der Waals surface area contributed by atoms with Crippen LogP contribution in [0.15, 0.2) is 0 Å². The second-order valence-electron chi connectivity index (χ2n) is 2.62. The summed E-state index contributed by atoms with van der Waals surface area (Å²) in [6, 6.07) is 0. The van der Waals surface area contributed by atoms with E-state index in [1.165, 1.54) is 0 Å². The molecule has 11 heavy (non-hydrogen) atoms. The highest BCUT2D eigenvalue weighted by molar-refractivity contribution is 5.82. The molecule has 0 fully saturated rings. The van der Waals surface area contributed by atoms with Gasteiger partial charge in [0.15, 0.2) is 5.78 Å². The van der Waals surface area contributed by atoms with E-state index in [1.807, 2.05) is 6.92 Å². The number of rotatable bonds is 6. The van der Waals surface area contributed by atoms with Crippen molar-refractivity contribution >= 4 is 5.78 Å². The Balaban J connectivity index is 3.36. The molecule has 0 heterocycles. The highest BCUT2D eigenvalue weighted by atomic mass is 16.3. The molecule has 0 aromatic carbocycles. The Labute approximate surface area is 67.0 Å². The van der Waals surface area contributed by atoms with Crippen LogP contribution >= 0.6 is 0 Å². The topological polar surface area (TPSA) is 57.5 Å². The summed E-state index contributed by atoms with van der Waals surface area (Å²) in [5.74, 6) is -0.249. The fourth-order valence-corrected chi connectivity index (χ4v) is 0.818. The molecule has 0 aromatic rings. The van der Waals surface area contributed by atoms with Crippen molar-refractivity contribution in [2.45, 2.75) is 38.7 Å². The summed E-state index contributed by atoms with van der Waals surface area (Å²) >= 11 is 0. The maximum Gasteiger partial charge on any atom is 0.163 e. The summed E-state index contributed by atoms with van der Waals surface area (Å²) in [6.45, 7) is 1.60. The predicted molar refractivity (Wildman–Crippen MR) is 42.2 cm³/mol. The van der Waals surface area contributed by atoms with Crippen molar-refractivity contribution in [1.82, 2.24) is 0 Å². The minimum absolute atomic E-state index is 0.249. The third kappa shape index (κ3) is 4.93. The lowest BCUT2D eigenvalue weighted by Gasteiger charge is -2.04. The smallest absolute Gasteiger partial charge is 0.163 e. The minimum atomic E-state index is -1.16. The van der Waals surface area contributed by atoms with Gasteiger partial charge in [-0.05, 0) is 6.42 Å². The van der Waals surface area contributed by atoms with E-state index in [-0.39, 0.29) is 5.78 Å². The van der Waals surface area contributed by atoms with Crippen molar-refractivity contribution in [1.29, 1.82) is 0 Å². The molecule has 1 unspecified atom stereocenters. The summed E-state index contributed by atoms with van der Waals surface area (Å²) < 4.78 is 0. The van der Waals surface area contributed by atoms with E-state index in [0.717, 1.165) is 19.3 Å². The third-order valence-electron chi connectivity index (χ3n) is 1.57. The molecule has 0 bridgehead atoms. The van der Waals surface area contributed by atoms with E-state index < -0.39 is 12.7 Å². The highest BCUT2D eigenvalue weighted by Gasteiger charge is 2.11. The van der Waals surface area contributed by atoms with Crippen molar-refractivity contribution in [3.8, 4) is 0 Å². The normalized spacial score (nSPS) is 13.0. The van der Waals surface area contributed by atoms with Crippen LogP contribution in [0.5, 0.6) is 0 Å². The van der Waals surface area contributed by atoms with Gasteiger partial charge in [-0.3, -0.25) is 4.79 Å². The first-order chi connectivity index (χ1) is 5.22. The molecule has 0 rings (SSSR count). The summed E-state index contributed by atoms with van der Waals surface area (Å²) in [4.78, 5) is 10.8. The van der Waals surface area contributed by atoms with Crippen LogP contribution in [-0.4, -0.2) is 28.7 Å². The van der Waals surface area contributed by atoms with Gasteiger partial charge in [-0.1, -0.05) is 19.8 Å². The Morgan fingerprint density at radius 2 is 2.09 bits per heavy atom. The van der Waals surface area contributed by atoms with Crippen LogP contribution < -0.4 is 0 Å². The van der Waals surface area contributed by atoms with Crippen molar-refractivity contribution < 1.29 is 15.0 Å². The molecular weight excluding hydrogens is 144 g/mol. The Bertz CT molecular complexity index is 112. The van der Waals surface area contributed by atoms with E-state index in [2.05, 4.69) is 0 Å². The first kappa shape index (κ1) is 10.6. The molecule has 0 aliphatic carbocycles. The molecule has 0 aliphatic rings. The maximum atomic E-state index is 10.8. The van der Waals surface area contributed by atoms with E-state index in [0.29, 0.717) is 6.42 Å². The van der Waals surface area contributed by atoms with E-state index in [9.17, 15) is 4.79 Å². The number of ketones is 1. The van der Waals surface area contributed by atoms with Crippen LogP contribution in [0.2, 0.25) is 0 Å². The molecular formula is C8H16O3. The van der Waals surface area contributed by atoms with Crippen LogP contribution in [0.3, 0.4) is 0 Å². The molecule has 0 amide bonds. The zero-order valence-electron chi connectivity index (χ0n) is 6.92. The Hall–Kier alpha value is -0.410. The van der Waals surface area contributed by atoms with Gasteiger partial charge in [0.25, 0.3) is 0 Å². The quantitative estimate of drug-likeness (QED) is 0.556. The van der Waals surface area contributed by atoms with Crippen LogP contribution in [-0.2, 0) is 4.79 Å². The number of aliphatic hydroxyl groups is 2. The molecule has 0 saturated heterocycles. The zero-order chi connectivity index (χ0) is 8.69. The van der Waals surface area contributed by atoms with Crippen molar-refractivity contribution in [3.63, 3.8) is 0 Å². The second kappa shape index (κ2) is 6.31. The van der Waals surface area contributed by atoms with Gasteiger partial charge in [-0.25, -0.2) is 0 Å². The van der Waals surface area contributed by atoms with Crippen molar-refractivity contribution in [2.24, 2.45) is 0 Å². The summed E-state index contributed by atoms with van der Waals surface area (Å²) in [5, 5.41) is 17.2. The lowest BCUT2D eigenvalue weighted by atomic mass is 10.1. The van der Waals surface area contributed by atoms with E-state index in [1.54, 1.807) is 0 Å². The van der Waals surface area contributed by atoms with Crippen LogP contribution in [0.25, 0.3) is 0 Å². The summed E-state index contributed by atoms with van der Waals surface area (Å²) in [6.07, 6.45) is 2.10. The Kier molecular flexibility index (Phi) is 6.07. The van der Waals surface area contributed by atoms with Gasteiger partial charge in [0, 0.05) is 6.42 Å². The monoisotopic (exact) mass is 160 g/mol. The largest absolute Gasteiger partial charge is 0.393 e. The van der Waals surface area contributed by atoms with Gasteiger partial charge in [-0.15, -0.1) is 0 Å². The van der Waals surface area contributed by atoms with Crippen molar-refractivity contribution in [2.75, 3.05) is 6.61 Å². The first-order valence-corrected chi connectivity index (χ1v) is 4.04. The molecule has 0 radical (unpaired) electrons. The molecule has 0 aliphatic heterocycles. The number of unbranched alkanes of at least 4 members (excludes halogenated alkanes) is 2. The molecule has 66 valence electrons. The molecule has 1 atom stereocenters. The van der Waals surface area contributed by atoms with Crippen molar-refractivity contribution in [3.05, 3.63) is 0 Å². The number of Topliss-reactive ketones (excluding diaryl/α,β-unsaturated/α-hetero) is 1. The number of hydrogen-bond acceptors (Lipinski definition) is 3. The average molecular weight is 160 g/mol. The standard InChI is InChI=1S/C8H16O3/c1-2-3-4-5-7(10)8(11)6-9/h8-9,11H,2-6H2,1H3.